The van der Waals surface area contributed by atoms with Gasteiger partial charge in [-0.2, -0.15) is 5.26 Å². The Hall–Kier alpha value is -4.32. The normalized spacial score (nSPS) is 17.1. The number of H-pyrrole nitrogens is 1. The molecule has 5 rings (SSSR count). The number of halogens is 2. The Morgan fingerprint density at radius 1 is 1.21 bits per heavy atom. The summed E-state index contributed by atoms with van der Waals surface area (Å²) in [5.41, 5.74) is 3.76. The molecule has 9 heteroatoms. The van der Waals surface area contributed by atoms with Gasteiger partial charge in [0.2, 0.25) is 5.91 Å². The number of aromatic amines is 1. The van der Waals surface area contributed by atoms with E-state index in [1.807, 2.05) is 48.7 Å². The topological polar surface area (TPSA) is 102 Å². The largest absolute Gasteiger partial charge is 0.361 e. The third kappa shape index (κ3) is 3.83. The van der Waals surface area contributed by atoms with Crippen LogP contribution in [0.25, 0.3) is 32.9 Å². The number of amides is 2. The van der Waals surface area contributed by atoms with Crippen molar-refractivity contribution in [2.75, 3.05) is 13.1 Å². The number of para-hydroxylation sites is 1. The number of hydrogen-bond donors (Lipinski definition) is 2. The van der Waals surface area contributed by atoms with Crippen LogP contribution >= 0.6 is 0 Å². The molecule has 170 valence electrons. The number of pyridine rings is 1. The van der Waals surface area contributed by atoms with E-state index in [9.17, 15) is 18.4 Å². The van der Waals surface area contributed by atoms with Crippen molar-refractivity contribution in [2.24, 2.45) is 0 Å². The summed E-state index contributed by atoms with van der Waals surface area (Å²) in [4.78, 5) is 33.8. The quantitative estimate of drug-likeness (QED) is 0.484. The van der Waals surface area contributed by atoms with E-state index in [2.05, 4.69) is 15.3 Å². The second-order valence-electron chi connectivity index (χ2n) is 8.25. The number of nitrogens with zero attached hydrogens (tertiary/aromatic N) is 3. The minimum Gasteiger partial charge on any atom is -0.361 e. The van der Waals surface area contributed by atoms with Gasteiger partial charge in [-0.25, -0.2) is 8.78 Å². The molecule has 1 aliphatic heterocycles. The average Bonchev–Trinajstić information content (AvgIpc) is 3.41. The Labute approximate surface area is 193 Å². The van der Waals surface area contributed by atoms with Crippen molar-refractivity contribution >= 4 is 33.6 Å². The molecule has 2 amide bonds. The molecule has 0 radical (unpaired) electrons. The molecule has 34 heavy (non-hydrogen) atoms. The van der Waals surface area contributed by atoms with Crippen LogP contribution in [-0.2, 0) is 4.79 Å². The molecular weight excluding hydrogens is 440 g/mol. The number of aromatic nitrogens is 2. The molecule has 1 unspecified atom stereocenters. The lowest BCUT2D eigenvalue weighted by atomic mass is 10.00. The maximum atomic E-state index is 13.6. The van der Waals surface area contributed by atoms with E-state index in [1.54, 1.807) is 12.1 Å². The Morgan fingerprint density at radius 3 is 2.85 bits per heavy atom. The molecule has 0 saturated carbocycles. The Kier molecular flexibility index (Phi) is 5.21. The van der Waals surface area contributed by atoms with E-state index in [4.69, 9.17) is 5.26 Å². The van der Waals surface area contributed by atoms with Crippen LogP contribution in [0.1, 0.15) is 16.8 Å². The molecule has 1 aliphatic rings. The van der Waals surface area contributed by atoms with E-state index in [-0.39, 0.29) is 0 Å². The lowest BCUT2D eigenvalue weighted by Gasteiger charge is -2.19. The van der Waals surface area contributed by atoms with E-state index in [0.717, 1.165) is 26.9 Å². The fraction of sp³-hybridized carbons (Fsp3) is 0.200. The lowest BCUT2D eigenvalue weighted by Crippen LogP contribution is -2.43. The van der Waals surface area contributed by atoms with Crippen LogP contribution < -0.4 is 5.32 Å². The molecule has 3 heterocycles. The third-order valence-corrected chi connectivity index (χ3v) is 6.03. The molecule has 0 bridgehead atoms. The van der Waals surface area contributed by atoms with Gasteiger partial charge in [-0.3, -0.25) is 14.6 Å². The number of nitrogens with one attached hydrogen (secondary N) is 2. The zero-order valence-electron chi connectivity index (χ0n) is 17.9. The highest BCUT2D eigenvalue weighted by atomic mass is 19.3. The van der Waals surface area contributed by atoms with Crippen molar-refractivity contribution < 1.29 is 18.4 Å². The van der Waals surface area contributed by atoms with E-state index in [1.165, 1.54) is 6.20 Å². The predicted octanol–water partition coefficient (Wildman–Crippen LogP) is 3.87. The van der Waals surface area contributed by atoms with Crippen molar-refractivity contribution in [3.05, 3.63) is 66.5 Å². The number of nitriles is 1. The van der Waals surface area contributed by atoms with Gasteiger partial charge in [-0.15, -0.1) is 0 Å². The van der Waals surface area contributed by atoms with Gasteiger partial charge in [0.25, 0.3) is 11.8 Å². The number of hydrogen-bond acceptors (Lipinski definition) is 4. The molecule has 0 spiro atoms. The van der Waals surface area contributed by atoms with Crippen molar-refractivity contribution in [1.82, 2.24) is 20.2 Å². The molecule has 1 saturated heterocycles. The summed E-state index contributed by atoms with van der Waals surface area (Å²) in [5, 5.41) is 13.2. The smallest absolute Gasteiger partial charge is 0.268 e. The molecule has 1 atom stereocenters. The van der Waals surface area contributed by atoms with Gasteiger partial charge in [0.15, 0.2) is 0 Å². The molecular formula is C25H19F2N5O2. The lowest BCUT2D eigenvalue weighted by molar-refractivity contribution is -0.131. The standard InChI is InChI=1S/C25H19F2N5O2/c26-25(27)10-16(11-28)32(14-25)23(33)13-31-24(34)18-7-8-29-22-6-5-15(9-19(18)22)20-12-30-21-4-2-1-3-17(20)21/h1-9,12,16,30H,10,13-14H2,(H,31,34). The average molecular weight is 459 g/mol. The molecule has 2 aromatic carbocycles. The molecule has 0 aliphatic carbocycles. The van der Waals surface area contributed by atoms with Crippen LogP contribution in [0, 0.1) is 11.3 Å². The summed E-state index contributed by atoms with van der Waals surface area (Å²) in [6.45, 7) is -1.31. The highest BCUT2D eigenvalue weighted by Gasteiger charge is 2.47. The van der Waals surface area contributed by atoms with Gasteiger partial charge < -0.3 is 15.2 Å². The van der Waals surface area contributed by atoms with Crippen LogP contribution in [-0.4, -0.2) is 51.7 Å². The molecule has 4 aromatic rings. The van der Waals surface area contributed by atoms with Crippen LogP contribution in [0.2, 0.25) is 0 Å². The predicted molar refractivity (Wildman–Crippen MR) is 122 cm³/mol. The zero-order valence-corrected chi connectivity index (χ0v) is 17.9. The highest BCUT2D eigenvalue weighted by molar-refractivity contribution is 6.08. The van der Waals surface area contributed by atoms with Crippen LogP contribution in [0.5, 0.6) is 0 Å². The van der Waals surface area contributed by atoms with E-state index in [0.29, 0.717) is 16.5 Å². The zero-order chi connectivity index (χ0) is 23.9. The summed E-state index contributed by atoms with van der Waals surface area (Å²) < 4.78 is 27.3. The van der Waals surface area contributed by atoms with Crippen molar-refractivity contribution in [3.8, 4) is 17.2 Å². The molecule has 2 aromatic heterocycles. The minimum absolute atomic E-state index is 0.308. The minimum atomic E-state index is -3.11. The van der Waals surface area contributed by atoms with Gasteiger partial charge in [-0.05, 0) is 29.8 Å². The van der Waals surface area contributed by atoms with Gasteiger partial charge in [0.05, 0.1) is 30.2 Å². The SMILES string of the molecule is N#CC1CC(F)(F)CN1C(=O)CNC(=O)c1ccnc2ccc(-c3c[nH]c4ccccc34)cc12. The summed E-state index contributed by atoms with van der Waals surface area (Å²) in [6, 6.07) is 15.5. The first-order chi connectivity index (χ1) is 16.4. The number of carbonyl (C=O) groups excluding carboxylic acids is 2. The first-order valence-electron chi connectivity index (χ1n) is 10.7. The number of likely N-dealkylation sites (tertiary alicyclic amines) is 1. The summed E-state index contributed by atoms with van der Waals surface area (Å²) >= 11 is 0. The van der Waals surface area contributed by atoms with E-state index < -0.39 is 43.3 Å². The third-order valence-electron chi connectivity index (χ3n) is 6.03. The van der Waals surface area contributed by atoms with Gasteiger partial charge in [-0.1, -0.05) is 24.3 Å². The van der Waals surface area contributed by atoms with Gasteiger partial charge in [0.1, 0.15) is 6.04 Å². The monoisotopic (exact) mass is 459 g/mol. The molecule has 1 fully saturated rings. The maximum absolute atomic E-state index is 13.6. The number of rotatable bonds is 4. The van der Waals surface area contributed by atoms with Crippen LogP contribution in [0.4, 0.5) is 8.78 Å². The van der Waals surface area contributed by atoms with Crippen molar-refractivity contribution in [2.45, 2.75) is 18.4 Å². The van der Waals surface area contributed by atoms with E-state index >= 15 is 0 Å². The number of fused-ring (bicyclic) bond motifs is 2. The fourth-order valence-electron chi connectivity index (χ4n) is 4.37. The Bertz CT molecular complexity index is 1470. The second kappa shape index (κ2) is 8.23. The first kappa shape index (κ1) is 21.5. The van der Waals surface area contributed by atoms with Crippen LogP contribution in [0.15, 0.2) is 60.9 Å². The summed E-state index contributed by atoms with van der Waals surface area (Å²) in [7, 11) is 0. The van der Waals surface area contributed by atoms with Gasteiger partial charge in [0, 0.05) is 40.7 Å². The summed E-state index contributed by atoms with van der Waals surface area (Å²) in [6.07, 6.45) is 2.70. The number of carbonyl (C=O) groups is 2. The van der Waals surface area contributed by atoms with Crippen molar-refractivity contribution in [3.63, 3.8) is 0 Å². The highest BCUT2D eigenvalue weighted by Crippen LogP contribution is 2.32. The summed E-state index contributed by atoms with van der Waals surface area (Å²) in [5.74, 6) is -4.37. The molecule has 2 N–H and O–H groups in total. The van der Waals surface area contributed by atoms with Crippen molar-refractivity contribution in [1.29, 1.82) is 5.26 Å². The fourth-order valence-corrected chi connectivity index (χ4v) is 4.37. The van der Waals surface area contributed by atoms with Crippen LogP contribution in [0.3, 0.4) is 0 Å². The Morgan fingerprint density at radius 2 is 2.03 bits per heavy atom. The first-order valence-corrected chi connectivity index (χ1v) is 10.7. The second-order valence-corrected chi connectivity index (χ2v) is 8.25. The Balaban J connectivity index is 1.40. The maximum Gasteiger partial charge on any atom is 0.268 e. The number of benzene rings is 2. The van der Waals surface area contributed by atoms with Gasteiger partial charge >= 0.3 is 0 Å². The molecule has 7 nitrogen and oxygen atoms in total. The number of alkyl halides is 2.